The summed E-state index contributed by atoms with van der Waals surface area (Å²) in [6, 6.07) is 1.22. The van der Waals surface area contributed by atoms with Crippen LogP contribution in [0.4, 0.5) is 17.1 Å². The first-order valence-corrected chi connectivity index (χ1v) is 5.45. The summed E-state index contributed by atoms with van der Waals surface area (Å²) in [6.07, 6.45) is 0. The summed E-state index contributed by atoms with van der Waals surface area (Å²) >= 11 is 0. The zero-order valence-electron chi connectivity index (χ0n) is 10.7. The molecule has 0 saturated carbocycles. The van der Waals surface area contributed by atoms with Gasteiger partial charge >= 0.3 is 5.69 Å². The first kappa shape index (κ1) is 13.9. The molecule has 0 bridgehead atoms. The molecule has 0 aliphatic rings. The predicted molar refractivity (Wildman–Crippen MR) is 68.0 cm³/mol. The van der Waals surface area contributed by atoms with Crippen LogP contribution < -0.4 is 5.32 Å². The molecule has 0 fully saturated rings. The highest BCUT2D eigenvalue weighted by molar-refractivity contribution is 5.77. The summed E-state index contributed by atoms with van der Waals surface area (Å²) in [6.45, 7) is 6.74. The first-order chi connectivity index (χ1) is 8.25. The van der Waals surface area contributed by atoms with E-state index in [0.29, 0.717) is 11.1 Å². The highest BCUT2D eigenvalue weighted by Gasteiger charge is 2.29. The SMILES string of the molecule is Cc1cc([N+](=O)[O-])c(NC(C)C)c([N+](=O)[O-])c1C. The maximum absolute atomic E-state index is 11.1. The fraction of sp³-hybridized carbons (Fsp3) is 0.455. The molecule has 0 unspecified atom stereocenters. The van der Waals surface area contributed by atoms with Crippen molar-refractivity contribution in [1.29, 1.82) is 0 Å². The summed E-state index contributed by atoms with van der Waals surface area (Å²) in [5.74, 6) is 0. The van der Waals surface area contributed by atoms with E-state index in [9.17, 15) is 20.2 Å². The molecule has 1 aromatic rings. The highest BCUT2D eigenvalue weighted by atomic mass is 16.6. The van der Waals surface area contributed by atoms with Crippen molar-refractivity contribution in [2.24, 2.45) is 0 Å². The molecule has 1 rings (SSSR count). The van der Waals surface area contributed by atoms with E-state index in [2.05, 4.69) is 5.32 Å². The van der Waals surface area contributed by atoms with Gasteiger partial charge in [-0.2, -0.15) is 0 Å². The number of aryl methyl sites for hydroxylation is 1. The Morgan fingerprint density at radius 1 is 1.17 bits per heavy atom. The van der Waals surface area contributed by atoms with Gasteiger partial charge in [0.15, 0.2) is 5.69 Å². The lowest BCUT2D eigenvalue weighted by atomic mass is 10.0. The van der Waals surface area contributed by atoms with Crippen molar-refractivity contribution in [3.8, 4) is 0 Å². The van der Waals surface area contributed by atoms with E-state index in [1.807, 2.05) is 0 Å². The van der Waals surface area contributed by atoms with Gasteiger partial charge in [-0.15, -0.1) is 0 Å². The minimum atomic E-state index is -0.607. The van der Waals surface area contributed by atoms with E-state index in [0.717, 1.165) is 0 Å². The van der Waals surface area contributed by atoms with Crippen LogP contribution in [0, 0.1) is 34.1 Å². The third-order valence-corrected chi connectivity index (χ3v) is 2.61. The Kier molecular flexibility index (Phi) is 3.85. The number of anilines is 1. The predicted octanol–water partition coefficient (Wildman–Crippen LogP) is 2.94. The fourth-order valence-electron chi connectivity index (χ4n) is 1.68. The highest BCUT2D eigenvalue weighted by Crippen LogP contribution is 2.39. The molecule has 0 aromatic heterocycles. The molecule has 0 radical (unpaired) electrons. The van der Waals surface area contributed by atoms with Gasteiger partial charge in [-0.05, 0) is 33.3 Å². The number of benzene rings is 1. The average Bonchev–Trinajstić information content (AvgIpc) is 2.21. The third kappa shape index (κ3) is 2.55. The van der Waals surface area contributed by atoms with Crippen LogP contribution in [0.15, 0.2) is 6.07 Å². The molecule has 7 nitrogen and oxygen atoms in total. The molecule has 0 spiro atoms. The lowest BCUT2D eigenvalue weighted by Crippen LogP contribution is -2.14. The monoisotopic (exact) mass is 253 g/mol. The summed E-state index contributed by atoms with van der Waals surface area (Å²) in [5, 5.41) is 24.9. The number of hydrogen-bond donors (Lipinski definition) is 1. The van der Waals surface area contributed by atoms with E-state index in [-0.39, 0.29) is 23.1 Å². The van der Waals surface area contributed by atoms with E-state index in [4.69, 9.17) is 0 Å². The Labute approximate surface area is 104 Å². The summed E-state index contributed by atoms with van der Waals surface area (Å²) in [4.78, 5) is 20.9. The minimum Gasteiger partial charge on any atom is -0.372 e. The van der Waals surface area contributed by atoms with Gasteiger partial charge in [-0.1, -0.05) is 0 Å². The number of rotatable bonds is 4. The quantitative estimate of drug-likeness (QED) is 0.657. The molecule has 0 aliphatic heterocycles. The van der Waals surface area contributed by atoms with Gasteiger partial charge in [-0.3, -0.25) is 20.2 Å². The van der Waals surface area contributed by atoms with Crippen LogP contribution in [0.1, 0.15) is 25.0 Å². The van der Waals surface area contributed by atoms with Gasteiger partial charge in [0.05, 0.1) is 9.85 Å². The van der Waals surface area contributed by atoms with Gasteiger partial charge in [0.2, 0.25) is 0 Å². The molecule has 18 heavy (non-hydrogen) atoms. The Morgan fingerprint density at radius 3 is 2.11 bits per heavy atom. The second kappa shape index (κ2) is 4.99. The molecule has 0 atom stereocenters. The molecular formula is C11H15N3O4. The Balaban J connectivity index is 3.63. The van der Waals surface area contributed by atoms with Gasteiger partial charge in [-0.25, -0.2) is 0 Å². The normalized spacial score (nSPS) is 10.5. The number of hydrogen-bond acceptors (Lipinski definition) is 5. The van der Waals surface area contributed by atoms with Crippen LogP contribution in [0.2, 0.25) is 0 Å². The Morgan fingerprint density at radius 2 is 1.72 bits per heavy atom. The van der Waals surface area contributed by atoms with Gasteiger partial charge in [0.1, 0.15) is 0 Å². The van der Waals surface area contributed by atoms with Gasteiger partial charge in [0, 0.05) is 17.7 Å². The summed E-state index contributed by atoms with van der Waals surface area (Å²) in [5.41, 5.74) is 0.452. The van der Waals surface area contributed by atoms with Gasteiger partial charge in [0.25, 0.3) is 5.69 Å². The Bertz CT molecular complexity index is 512. The summed E-state index contributed by atoms with van der Waals surface area (Å²) in [7, 11) is 0. The molecule has 1 N–H and O–H groups in total. The maximum atomic E-state index is 11.1. The van der Waals surface area contributed by atoms with Crippen molar-refractivity contribution in [2.75, 3.05) is 5.32 Å². The minimum absolute atomic E-state index is 0.0249. The lowest BCUT2D eigenvalue weighted by Gasteiger charge is -2.13. The van der Waals surface area contributed by atoms with Crippen LogP contribution in [-0.2, 0) is 0 Å². The molecule has 0 saturated heterocycles. The van der Waals surface area contributed by atoms with Crippen molar-refractivity contribution in [1.82, 2.24) is 0 Å². The Hall–Kier alpha value is -2.18. The fourth-order valence-corrected chi connectivity index (χ4v) is 1.68. The van der Waals surface area contributed by atoms with Crippen molar-refractivity contribution in [3.05, 3.63) is 37.4 Å². The van der Waals surface area contributed by atoms with Crippen LogP contribution in [0.5, 0.6) is 0 Å². The topological polar surface area (TPSA) is 98.3 Å². The second-order valence-corrected chi connectivity index (χ2v) is 4.37. The molecule has 7 heteroatoms. The molecule has 1 aromatic carbocycles. The summed E-state index contributed by atoms with van der Waals surface area (Å²) < 4.78 is 0. The maximum Gasteiger partial charge on any atom is 0.302 e. The smallest absolute Gasteiger partial charge is 0.302 e. The first-order valence-electron chi connectivity index (χ1n) is 5.45. The largest absolute Gasteiger partial charge is 0.372 e. The second-order valence-electron chi connectivity index (χ2n) is 4.37. The molecule has 98 valence electrons. The van der Waals surface area contributed by atoms with Crippen LogP contribution in [0.25, 0.3) is 0 Å². The van der Waals surface area contributed by atoms with Crippen LogP contribution >= 0.6 is 0 Å². The van der Waals surface area contributed by atoms with E-state index in [1.54, 1.807) is 27.7 Å². The third-order valence-electron chi connectivity index (χ3n) is 2.61. The van der Waals surface area contributed by atoms with Gasteiger partial charge < -0.3 is 5.32 Å². The van der Waals surface area contributed by atoms with Crippen molar-refractivity contribution >= 4 is 17.1 Å². The van der Waals surface area contributed by atoms with E-state index >= 15 is 0 Å². The zero-order valence-corrected chi connectivity index (χ0v) is 10.7. The number of nitro benzene ring substituents is 2. The van der Waals surface area contributed by atoms with Crippen LogP contribution in [0.3, 0.4) is 0 Å². The average molecular weight is 253 g/mol. The lowest BCUT2D eigenvalue weighted by molar-refractivity contribution is -0.392. The number of nitro groups is 2. The molecule has 0 aliphatic carbocycles. The van der Waals surface area contributed by atoms with Crippen molar-refractivity contribution < 1.29 is 9.85 Å². The van der Waals surface area contributed by atoms with E-state index < -0.39 is 9.85 Å². The van der Waals surface area contributed by atoms with Crippen molar-refractivity contribution in [2.45, 2.75) is 33.7 Å². The zero-order chi connectivity index (χ0) is 14.0. The number of nitrogens with zero attached hydrogens (tertiary/aromatic N) is 2. The van der Waals surface area contributed by atoms with Crippen LogP contribution in [-0.4, -0.2) is 15.9 Å². The number of nitrogens with one attached hydrogen (secondary N) is 1. The molecule has 0 heterocycles. The van der Waals surface area contributed by atoms with E-state index in [1.165, 1.54) is 6.07 Å². The van der Waals surface area contributed by atoms with Crippen molar-refractivity contribution in [3.63, 3.8) is 0 Å². The molecule has 0 amide bonds. The molecular weight excluding hydrogens is 238 g/mol. The standard InChI is InChI=1S/C11H15N3O4/c1-6(2)12-10-9(13(15)16)5-7(3)8(4)11(10)14(17)18/h5-6,12H,1-4H3.